The van der Waals surface area contributed by atoms with Gasteiger partial charge in [-0.1, -0.05) is 22.5 Å². The minimum Gasteiger partial charge on any atom is -0.352 e. The highest BCUT2D eigenvalue weighted by molar-refractivity contribution is 14.0. The highest BCUT2D eigenvalue weighted by Crippen LogP contribution is 2.16. The number of hydrogen-bond donors (Lipinski definition) is 2. The number of aliphatic imine (C=N–C) groups is 1. The topological polar surface area (TPSA) is 49.3 Å². The Bertz CT molecular complexity index is 431. The van der Waals surface area contributed by atoms with E-state index in [2.05, 4.69) is 43.1 Å². The molecule has 0 aliphatic rings. The zero-order valence-electron chi connectivity index (χ0n) is 10.7. The number of nitrogens with one attached hydrogen (secondary N) is 2. The van der Waals surface area contributed by atoms with Gasteiger partial charge in [0.25, 0.3) is 0 Å². The first-order valence-corrected chi connectivity index (χ1v) is 6.84. The van der Waals surface area contributed by atoms with Gasteiger partial charge >= 0.3 is 0 Å². The van der Waals surface area contributed by atoms with Crippen molar-refractivity contribution in [2.45, 2.75) is 20.4 Å². The third kappa shape index (κ3) is 6.14. The highest BCUT2D eigenvalue weighted by atomic mass is 127. The van der Waals surface area contributed by atoms with Crippen molar-refractivity contribution in [3.8, 4) is 0 Å². The maximum atomic E-state index is 4.39. The van der Waals surface area contributed by atoms with Gasteiger partial charge in [-0.15, -0.1) is 35.3 Å². The van der Waals surface area contributed by atoms with Gasteiger partial charge in [0.1, 0.15) is 0 Å². The maximum Gasteiger partial charge on any atom is 0.191 e. The number of thiazole rings is 1. The standard InChI is InChI=1S/C11H17BrN4S.HI/c1-7(12)5-14-11(13-4)15-6-10-8(2)16-9(3)17-10;/h1,5-6H2,2-4H3,(H2,13,14,15);1H. The molecule has 0 amide bonds. The van der Waals surface area contributed by atoms with Crippen molar-refractivity contribution in [2.75, 3.05) is 13.6 Å². The Kier molecular flexibility index (Phi) is 8.79. The average Bonchev–Trinajstić information content (AvgIpc) is 2.57. The van der Waals surface area contributed by atoms with Crippen molar-refractivity contribution < 1.29 is 0 Å². The van der Waals surface area contributed by atoms with Crippen LogP contribution in [0, 0.1) is 13.8 Å². The van der Waals surface area contributed by atoms with Gasteiger partial charge in [-0.2, -0.15) is 0 Å². The summed E-state index contributed by atoms with van der Waals surface area (Å²) in [6.07, 6.45) is 0. The fraction of sp³-hybridized carbons (Fsp3) is 0.455. The molecule has 2 N–H and O–H groups in total. The van der Waals surface area contributed by atoms with E-state index < -0.39 is 0 Å². The molecular formula is C11H18BrIN4S. The van der Waals surface area contributed by atoms with Gasteiger partial charge in [-0.05, 0) is 13.8 Å². The lowest BCUT2D eigenvalue weighted by Gasteiger charge is -2.10. The zero-order chi connectivity index (χ0) is 12.8. The van der Waals surface area contributed by atoms with Crippen molar-refractivity contribution in [3.63, 3.8) is 0 Å². The first kappa shape index (κ1) is 17.8. The zero-order valence-corrected chi connectivity index (χ0v) is 15.4. The van der Waals surface area contributed by atoms with Crippen LogP contribution in [0.2, 0.25) is 0 Å². The lowest BCUT2D eigenvalue weighted by atomic mass is 10.4. The van der Waals surface area contributed by atoms with Gasteiger partial charge in [0.2, 0.25) is 0 Å². The lowest BCUT2D eigenvalue weighted by molar-refractivity contribution is 0.849. The molecule has 7 heteroatoms. The average molecular weight is 445 g/mol. The molecule has 0 aliphatic carbocycles. The van der Waals surface area contributed by atoms with Crippen molar-refractivity contribution in [2.24, 2.45) is 4.99 Å². The molecule has 0 aromatic carbocycles. The molecule has 0 atom stereocenters. The van der Waals surface area contributed by atoms with E-state index in [0.717, 1.165) is 27.7 Å². The fourth-order valence-corrected chi connectivity index (χ4v) is 2.32. The summed E-state index contributed by atoms with van der Waals surface area (Å²) in [5.41, 5.74) is 1.08. The maximum absolute atomic E-state index is 4.39. The summed E-state index contributed by atoms with van der Waals surface area (Å²) in [4.78, 5) is 9.75. The Morgan fingerprint density at radius 3 is 2.56 bits per heavy atom. The number of hydrogen-bond acceptors (Lipinski definition) is 3. The molecule has 0 unspecified atom stereocenters. The monoisotopic (exact) mass is 444 g/mol. The summed E-state index contributed by atoms with van der Waals surface area (Å²) >= 11 is 5.00. The lowest BCUT2D eigenvalue weighted by Crippen LogP contribution is -2.37. The molecule has 4 nitrogen and oxygen atoms in total. The molecule has 0 spiro atoms. The van der Waals surface area contributed by atoms with Crippen molar-refractivity contribution in [1.29, 1.82) is 0 Å². The van der Waals surface area contributed by atoms with Gasteiger partial charge in [0.05, 0.1) is 17.2 Å². The Balaban J connectivity index is 0.00000289. The molecule has 0 bridgehead atoms. The van der Waals surface area contributed by atoms with Crippen molar-refractivity contribution in [3.05, 3.63) is 26.6 Å². The summed E-state index contributed by atoms with van der Waals surface area (Å²) in [7, 11) is 1.75. The number of halogens is 2. The number of nitrogens with zero attached hydrogens (tertiary/aromatic N) is 2. The van der Waals surface area contributed by atoms with E-state index in [-0.39, 0.29) is 24.0 Å². The van der Waals surface area contributed by atoms with Crippen molar-refractivity contribution >= 4 is 57.2 Å². The van der Waals surface area contributed by atoms with Crippen LogP contribution in [-0.2, 0) is 6.54 Å². The first-order valence-electron chi connectivity index (χ1n) is 5.23. The Morgan fingerprint density at radius 2 is 2.11 bits per heavy atom. The molecule has 1 heterocycles. The van der Waals surface area contributed by atoms with Crippen LogP contribution in [0.3, 0.4) is 0 Å². The van der Waals surface area contributed by atoms with Crippen LogP contribution in [0.1, 0.15) is 15.6 Å². The highest BCUT2D eigenvalue weighted by Gasteiger charge is 2.05. The van der Waals surface area contributed by atoms with E-state index in [9.17, 15) is 0 Å². The smallest absolute Gasteiger partial charge is 0.191 e. The van der Waals surface area contributed by atoms with Crippen LogP contribution in [0.5, 0.6) is 0 Å². The molecule has 0 aliphatic heterocycles. The molecule has 1 aromatic rings. The van der Waals surface area contributed by atoms with Gasteiger partial charge in [-0.25, -0.2) is 4.98 Å². The SMILES string of the molecule is C=C(Br)CNC(=NC)NCc1sc(C)nc1C.I. The van der Waals surface area contributed by atoms with Crippen LogP contribution in [-0.4, -0.2) is 24.5 Å². The van der Waals surface area contributed by atoms with Crippen LogP contribution in [0.4, 0.5) is 0 Å². The molecule has 0 saturated carbocycles. The molecule has 0 saturated heterocycles. The van der Waals surface area contributed by atoms with E-state index in [1.165, 1.54) is 4.88 Å². The second-order valence-corrected chi connectivity index (χ2v) is 5.95. The second kappa shape index (κ2) is 8.87. The summed E-state index contributed by atoms with van der Waals surface area (Å²) < 4.78 is 0.894. The van der Waals surface area contributed by atoms with Crippen LogP contribution < -0.4 is 10.6 Å². The van der Waals surface area contributed by atoms with Gasteiger partial charge in [0, 0.05) is 23.0 Å². The third-order valence-electron chi connectivity index (χ3n) is 2.09. The molecule has 18 heavy (non-hydrogen) atoms. The number of guanidine groups is 1. The minimum absolute atomic E-state index is 0. The predicted octanol–water partition coefficient (Wildman–Crippen LogP) is 2.95. The Labute approximate surface area is 138 Å². The van der Waals surface area contributed by atoms with E-state index >= 15 is 0 Å². The number of aromatic nitrogens is 1. The molecule has 102 valence electrons. The van der Waals surface area contributed by atoms with E-state index in [4.69, 9.17) is 0 Å². The molecule has 1 rings (SSSR count). The molecule has 0 fully saturated rings. The number of aryl methyl sites for hydroxylation is 2. The normalized spacial score (nSPS) is 10.8. The van der Waals surface area contributed by atoms with Crippen molar-refractivity contribution in [1.82, 2.24) is 15.6 Å². The van der Waals surface area contributed by atoms with Gasteiger partial charge in [-0.3, -0.25) is 4.99 Å². The first-order chi connectivity index (χ1) is 8.02. The summed E-state index contributed by atoms with van der Waals surface area (Å²) in [5, 5.41) is 7.48. The predicted molar refractivity (Wildman–Crippen MR) is 93.3 cm³/mol. The Hall–Kier alpha value is -0.150. The molecular weight excluding hydrogens is 427 g/mol. The summed E-state index contributed by atoms with van der Waals surface area (Å²) in [6, 6.07) is 0. The van der Waals surface area contributed by atoms with Crippen LogP contribution in [0.25, 0.3) is 0 Å². The summed E-state index contributed by atoms with van der Waals surface area (Å²) in [5.74, 6) is 0.760. The van der Waals surface area contributed by atoms with E-state index in [1.54, 1.807) is 18.4 Å². The fourth-order valence-electron chi connectivity index (χ4n) is 1.30. The summed E-state index contributed by atoms with van der Waals surface area (Å²) in [6.45, 7) is 9.20. The minimum atomic E-state index is 0. The van der Waals surface area contributed by atoms with E-state index in [1.807, 2.05) is 13.8 Å². The third-order valence-corrected chi connectivity index (χ3v) is 3.44. The van der Waals surface area contributed by atoms with Crippen LogP contribution in [0.15, 0.2) is 16.1 Å². The van der Waals surface area contributed by atoms with Gasteiger partial charge < -0.3 is 10.6 Å². The number of rotatable bonds is 4. The van der Waals surface area contributed by atoms with E-state index in [0.29, 0.717) is 6.54 Å². The second-order valence-electron chi connectivity index (χ2n) is 3.54. The quantitative estimate of drug-likeness (QED) is 0.426. The van der Waals surface area contributed by atoms with Crippen LogP contribution >= 0.6 is 51.2 Å². The molecule has 1 aromatic heterocycles. The van der Waals surface area contributed by atoms with Gasteiger partial charge in [0.15, 0.2) is 5.96 Å². The largest absolute Gasteiger partial charge is 0.352 e. The molecule has 0 radical (unpaired) electrons. The Morgan fingerprint density at radius 1 is 1.44 bits per heavy atom.